The predicted octanol–water partition coefficient (Wildman–Crippen LogP) is 4.35. The second kappa shape index (κ2) is 12.0. The van der Waals surface area contributed by atoms with E-state index in [0.29, 0.717) is 40.8 Å². The van der Waals surface area contributed by atoms with Crippen molar-refractivity contribution in [1.82, 2.24) is 13.9 Å². The highest BCUT2D eigenvalue weighted by atomic mass is 35.5. The summed E-state index contributed by atoms with van der Waals surface area (Å²) in [4.78, 5) is 28.4. The van der Waals surface area contributed by atoms with Gasteiger partial charge in [0.05, 0.1) is 63.3 Å². The zero-order chi connectivity index (χ0) is 29.1. The molecule has 0 saturated carbocycles. The Morgan fingerprint density at radius 2 is 1.93 bits per heavy atom. The van der Waals surface area contributed by atoms with Gasteiger partial charge in [0.1, 0.15) is 5.75 Å². The number of imidazole rings is 1. The third-order valence-corrected chi connectivity index (χ3v) is 9.46. The van der Waals surface area contributed by atoms with Gasteiger partial charge in [0.25, 0.3) is 5.69 Å². The Balaban J connectivity index is 1.41. The molecule has 4 aromatic rings. The maximum Gasteiger partial charge on any atom is 0.271 e. The third kappa shape index (κ3) is 6.01. The van der Waals surface area contributed by atoms with Crippen molar-refractivity contribution in [3.63, 3.8) is 0 Å². The highest BCUT2D eigenvalue weighted by molar-refractivity contribution is 7.99. The molecule has 41 heavy (non-hydrogen) atoms. The van der Waals surface area contributed by atoms with Crippen LogP contribution >= 0.6 is 23.4 Å². The molecule has 1 aliphatic heterocycles. The van der Waals surface area contributed by atoms with E-state index in [4.69, 9.17) is 21.1 Å². The number of non-ortho nitro benzene ring substituents is 1. The quantitative estimate of drug-likeness (QED) is 0.164. The number of carbonyl (C=O) groups is 1. The molecule has 0 unspecified atom stereocenters. The van der Waals surface area contributed by atoms with Gasteiger partial charge in [0, 0.05) is 25.2 Å². The number of amides is 1. The van der Waals surface area contributed by atoms with Crippen molar-refractivity contribution in [1.29, 1.82) is 0 Å². The van der Waals surface area contributed by atoms with Crippen LogP contribution in [0.15, 0.2) is 70.7 Å². The minimum Gasteiger partial charge on any atom is -0.495 e. The van der Waals surface area contributed by atoms with E-state index in [9.17, 15) is 23.3 Å². The van der Waals surface area contributed by atoms with Gasteiger partial charge in [0.2, 0.25) is 15.9 Å². The van der Waals surface area contributed by atoms with Crippen LogP contribution in [0.5, 0.6) is 5.75 Å². The fourth-order valence-electron chi connectivity index (χ4n) is 4.32. The zero-order valence-electron chi connectivity index (χ0n) is 21.7. The van der Waals surface area contributed by atoms with Crippen molar-refractivity contribution in [3.8, 4) is 11.4 Å². The van der Waals surface area contributed by atoms with Crippen LogP contribution in [0, 0.1) is 10.1 Å². The SMILES string of the molecule is COc1ccccc1-n1c(SCC(=O)Nc2cc(S(=O)(=O)N3CCOCC3)ccc2Cl)nc2cc([N+](=O)[O-])ccc21. The molecule has 5 rings (SSSR count). The number of aromatic nitrogens is 2. The molecule has 0 atom stereocenters. The number of morpholine rings is 1. The van der Waals surface area contributed by atoms with Crippen molar-refractivity contribution in [2.24, 2.45) is 0 Å². The van der Waals surface area contributed by atoms with Crippen molar-refractivity contribution >= 4 is 61.7 Å². The maximum absolute atomic E-state index is 13.1. The number of sulfonamides is 1. The largest absolute Gasteiger partial charge is 0.495 e. The van der Waals surface area contributed by atoms with E-state index in [2.05, 4.69) is 10.3 Å². The molecule has 1 fully saturated rings. The molecule has 2 heterocycles. The van der Waals surface area contributed by atoms with Crippen LogP contribution in [-0.2, 0) is 19.6 Å². The monoisotopic (exact) mass is 617 g/mol. The number of para-hydroxylation sites is 2. The number of ether oxygens (including phenoxy) is 2. The number of nitrogens with one attached hydrogen (secondary N) is 1. The van der Waals surface area contributed by atoms with Crippen LogP contribution in [0.2, 0.25) is 5.02 Å². The van der Waals surface area contributed by atoms with E-state index in [0.717, 1.165) is 11.8 Å². The average molecular weight is 618 g/mol. The lowest BCUT2D eigenvalue weighted by molar-refractivity contribution is -0.384. The Labute approximate surface area is 244 Å². The van der Waals surface area contributed by atoms with Gasteiger partial charge in [-0.25, -0.2) is 13.4 Å². The van der Waals surface area contributed by atoms with E-state index < -0.39 is 20.9 Å². The molecule has 3 aromatic carbocycles. The van der Waals surface area contributed by atoms with E-state index in [1.165, 1.54) is 41.7 Å². The summed E-state index contributed by atoms with van der Waals surface area (Å²) in [5, 5.41) is 14.6. The number of nitro groups is 1. The number of methoxy groups -OCH3 is 1. The molecule has 0 aliphatic carbocycles. The first-order chi connectivity index (χ1) is 19.7. The number of halogens is 1. The Morgan fingerprint density at radius 3 is 2.66 bits per heavy atom. The number of carbonyl (C=O) groups excluding carboxylic acids is 1. The summed E-state index contributed by atoms with van der Waals surface area (Å²) in [6.45, 7) is 1.08. The number of rotatable bonds is 9. The molecule has 1 saturated heterocycles. The molecular weight excluding hydrogens is 594 g/mol. The maximum atomic E-state index is 13.1. The fourth-order valence-corrected chi connectivity index (χ4v) is 6.74. The topological polar surface area (TPSA) is 146 Å². The van der Waals surface area contributed by atoms with Crippen LogP contribution in [0.4, 0.5) is 11.4 Å². The van der Waals surface area contributed by atoms with E-state index in [1.807, 2.05) is 18.2 Å². The molecule has 0 bridgehead atoms. The first-order valence-electron chi connectivity index (χ1n) is 12.3. The van der Waals surface area contributed by atoms with Crippen molar-refractivity contribution in [2.45, 2.75) is 10.1 Å². The average Bonchev–Trinajstić information content (AvgIpc) is 3.35. The number of nitrogens with zero attached hydrogens (tertiary/aromatic N) is 4. The molecule has 1 aromatic heterocycles. The molecule has 0 radical (unpaired) electrons. The van der Waals surface area contributed by atoms with Crippen LogP contribution in [-0.4, -0.2) is 72.3 Å². The molecule has 0 spiro atoms. The van der Waals surface area contributed by atoms with Gasteiger partial charge >= 0.3 is 0 Å². The summed E-state index contributed by atoms with van der Waals surface area (Å²) >= 11 is 7.39. The van der Waals surface area contributed by atoms with Crippen LogP contribution in [0.1, 0.15) is 0 Å². The highest BCUT2D eigenvalue weighted by Gasteiger charge is 2.27. The summed E-state index contributed by atoms with van der Waals surface area (Å²) in [7, 11) is -2.27. The normalized spacial score (nSPS) is 14.2. The highest BCUT2D eigenvalue weighted by Crippen LogP contribution is 2.34. The lowest BCUT2D eigenvalue weighted by Crippen LogP contribution is -2.40. The Hall–Kier alpha value is -3.69. The number of anilines is 1. The van der Waals surface area contributed by atoms with Gasteiger partial charge in [-0.1, -0.05) is 35.5 Å². The lowest BCUT2D eigenvalue weighted by Gasteiger charge is -2.26. The van der Waals surface area contributed by atoms with Crippen molar-refractivity contribution in [2.75, 3.05) is 44.5 Å². The Bertz CT molecular complexity index is 1740. The van der Waals surface area contributed by atoms with Gasteiger partial charge in [-0.3, -0.25) is 19.5 Å². The number of nitro benzene ring substituents is 1. The van der Waals surface area contributed by atoms with Crippen molar-refractivity contribution in [3.05, 3.63) is 75.8 Å². The number of thioether (sulfide) groups is 1. The molecule has 214 valence electrons. The number of hydrogen-bond donors (Lipinski definition) is 1. The van der Waals surface area contributed by atoms with Crippen LogP contribution in [0.3, 0.4) is 0 Å². The molecule has 1 N–H and O–H groups in total. The predicted molar refractivity (Wildman–Crippen MR) is 155 cm³/mol. The minimum absolute atomic E-state index is 0.00585. The van der Waals surface area contributed by atoms with E-state index >= 15 is 0 Å². The molecule has 1 aliphatic rings. The summed E-state index contributed by atoms with van der Waals surface area (Å²) in [5.41, 5.74) is 1.64. The minimum atomic E-state index is -3.79. The number of hydrogen-bond acceptors (Lipinski definition) is 9. The zero-order valence-corrected chi connectivity index (χ0v) is 24.0. The summed E-state index contributed by atoms with van der Waals surface area (Å²) in [5.74, 6) is -0.0268. The molecule has 15 heteroatoms. The summed E-state index contributed by atoms with van der Waals surface area (Å²) in [6, 6.07) is 15.7. The smallest absolute Gasteiger partial charge is 0.271 e. The standard InChI is InChI=1S/C26H24ClN5O7S2/c1-38-24-5-3-2-4-23(24)31-22-9-6-17(32(34)35)14-21(22)29-26(31)40-16-25(33)28-20-15-18(7-8-19(20)27)41(36,37)30-10-12-39-13-11-30/h2-9,14-15H,10-13,16H2,1H3,(H,28,33). The van der Waals surface area contributed by atoms with Gasteiger partial charge < -0.3 is 14.8 Å². The first-order valence-corrected chi connectivity index (χ1v) is 15.1. The van der Waals surface area contributed by atoms with Crippen LogP contribution < -0.4 is 10.1 Å². The van der Waals surface area contributed by atoms with Gasteiger partial charge in [-0.15, -0.1) is 0 Å². The van der Waals surface area contributed by atoms with E-state index in [1.54, 1.807) is 16.7 Å². The second-order valence-corrected chi connectivity index (χ2v) is 12.1. The molecular formula is C26H24ClN5O7S2. The van der Waals surface area contributed by atoms with Gasteiger partial charge in [-0.2, -0.15) is 4.31 Å². The second-order valence-electron chi connectivity index (χ2n) is 8.83. The lowest BCUT2D eigenvalue weighted by atomic mass is 10.2. The van der Waals surface area contributed by atoms with Gasteiger partial charge in [0.15, 0.2) is 5.16 Å². The summed E-state index contributed by atoms with van der Waals surface area (Å²) < 4.78 is 40.0. The Kier molecular flexibility index (Phi) is 8.47. The fraction of sp³-hybridized carbons (Fsp3) is 0.231. The van der Waals surface area contributed by atoms with Crippen LogP contribution in [0.25, 0.3) is 16.7 Å². The summed E-state index contributed by atoms with van der Waals surface area (Å²) in [6.07, 6.45) is 0. The first kappa shape index (κ1) is 28.8. The van der Waals surface area contributed by atoms with Gasteiger partial charge in [-0.05, 0) is 36.4 Å². The molecule has 1 amide bonds. The number of fused-ring (bicyclic) bond motifs is 1. The van der Waals surface area contributed by atoms with E-state index in [-0.39, 0.29) is 40.1 Å². The number of benzene rings is 3. The van der Waals surface area contributed by atoms with Crippen molar-refractivity contribution < 1.29 is 27.6 Å². The third-order valence-electron chi connectivity index (χ3n) is 6.30. The molecule has 12 nitrogen and oxygen atoms in total. The Morgan fingerprint density at radius 1 is 1.17 bits per heavy atom.